The number of benzene rings is 1. The zero-order valence-corrected chi connectivity index (χ0v) is 13.9. The Morgan fingerprint density at radius 1 is 1.22 bits per heavy atom. The smallest absolute Gasteiger partial charge is 0.202 e. The molecule has 0 radical (unpaired) electrons. The molecule has 1 aliphatic rings. The van der Waals surface area contributed by atoms with Crippen LogP contribution >= 0.6 is 0 Å². The van der Waals surface area contributed by atoms with Gasteiger partial charge in [0.05, 0.1) is 11.2 Å². The van der Waals surface area contributed by atoms with E-state index < -0.39 is 9.84 Å². The number of hydrogen-bond acceptors (Lipinski definition) is 4. The van der Waals surface area contributed by atoms with Gasteiger partial charge in [-0.1, -0.05) is 36.4 Å². The first-order valence-corrected chi connectivity index (χ1v) is 8.91. The SMILES string of the molecule is C=C/C=C/OC1=C(c2ccc(S(C)(=O)=O)cc2)C=C(C)CC1=O. The molecule has 1 aliphatic carbocycles. The topological polar surface area (TPSA) is 60.4 Å². The van der Waals surface area contributed by atoms with Crippen LogP contribution in [0.25, 0.3) is 5.57 Å². The molecule has 4 nitrogen and oxygen atoms in total. The molecule has 0 bridgehead atoms. The van der Waals surface area contributed by atoms with Crippen LogP contribution in [0.15, 0.2) is 71.6 Å². The van der Waals surface area contributed by atoms with Crippen molar-refractivity contribution in [1.82, 2.24) is 0 Å². The minimum Gasteiger partial charge on any atom is -0.461 e. The number of ether oxygens (including phenoxy) is 1. The Morgan fingerprint density at radius 3 is 2.43 bits per heavy atom. The summed E-state index contributed by atoms with van der Waals surface area (Å²) in [6, 6.07) is 6.40. The fourth-order valence-corrected chi connectivity index (χ4v) is 2.87. The fraction of sp³-hybridized carbons (Fsp3) is 0.167. The van der Waals surface area contributed by atoms with Gasteiger partial charge in [-0.15, -0.1) is 0 Å². The molecule has 0 fully saturated rings. The molecule has 0 aliphatic heterocycles. The van der Waals surface area contributed by atoms with Crippen molar-refractivity contribution in [2.24, 2.45) is 0 Å². The Morgan fingerprint density at radius 2 is 1.87 bits per heavy atom. The highest BCUT2D eigenvalue weighted by atomic mass is 32.2. The van der Waals surface area contributed by atoms with Gasteiger partial charge in [-0.3, -0.25) is 4.79 Å². The highest BCUT2D eigenvalue weighted by Gasteiger charge is 2.22. The van der Waals surface area contributed by atoms with Crippen molar-refractivity contribution >= 4 is 21.2 Å². The lowest BCUT2D eigenvalue weighted by molar-refractivity contribution is -0.117. The second kappa shape index (κ2) is 6.79. The third kappa shape index (κ3) is 4.07. The van der Waals surface area contributed by atoms with Crippen LogP contribution in [-0.4, -0.2) is 20.5 Å². The van der Waals surface area contributed by atoms with E-state index in [4.69, 9.17) is 4.74 Å². The number of sulfone groups is 1. The van der Waals surface area contributed by atoms with Gasteiger partial charge in [0.15, 0.2) is 15.6 Å². The van der Waals surface area contributed by atoms with Crippen LogP contribution in [0.2, 0.25) is 0 Å². The normalized spacial score (nSPS) is 15.7. The van der Waals surface area contributed by atoms with Crippen LogP contribution in [0.5, 0.6) is 0 Å². The third-order valence-electron chi connectivity index (χ3n) is 3.32. The molecule has 2 rings (SSSR count). The first kappa shape index (κ1) is 17.0. The minimum atomic E-state index is -3.25. The first-order chi connectivity index (χ1) is 10.8. The van der Waals surface area contributed by atoms with Gasteiger partial charge >= 0.3 is 0 Å². The van der Waals surface area contributed by atoms with Gasteiger partial charge in [-0.25, -0.2) is 8.42 Å². The van der Waals surface area contributed by atoms with Crippen molar-refractivity contribution in [2.75, 3.05) is 6.26 Å². The summed E-state index contributed by atoms with van der Waals surface area (Å²) in [6.07, 6.45) is 7.89. The number of rotatable bonds is 5. The molecule has 23 heavy (non-hydrogen) atoms. The molecule has 120 valence electrons. The molecular formula is C18H18O4S. The zero-order valence-electron chi connectivity index (χ0n) is 13.1. The van der Waals surface area contributed by atoms with Crippen molar-refractivity contribution in [3.63, 3.8) is 0 Å². The third-order valence-corrected chi connectivity index (χ3v) is 4.45. The maximum Gasteiger partial charge on any atom is 0.202 e. The Hall–Kier alpha value is -2.40. The molecule has 1 aromatic carbocycles. The summed E-state index contributed by atoms with van der Waals surface area (Å²) in [7, 11) is -3.25. The molecule has 0 saturated carbocycles. The van der Waals surface area contributed by atoms with Gasteiger partial charge in [0.1, 0.15) is 0 Å². The van der Waals surface area contributed by atoms with E-state index in [1.165, 1.54) is 18.4 Å². The molecule has 0 heterocycles. The summed E-state index contributed by atoms with van der Waals surface area (Å²) < 4.78 is 28.5. The quantitative estimate of drug-likeness (QED) is 0.613. The number of ketones is 1. The largest absolute Gasteiger partial charge is 0.461 e. The minimum absolute atomic E-state index is 0.110. The molecular weight excluding hydrogens is 312 g/mol. The lowest BCUT2D eigenvalue weighted by Crippen LogP contribution is -2.11. The molecule has 0 aromatic heterocycles. The van der Waals surface area contributed by atoms with Crippen molar-refractivity contribution in [3.8, 4) is 0 Å². The summed E-state index contributed by atoms with van der Waals surface area (Å²) in [5, 5.41) is 0. The van der Waals surface area contributed by atoms with E-state index >= 15 is 0 Å². The van der Waals surface area contributed by atoms with E-state index in [9.17, 15) is 13.2 Å². The second-order valence-corrected chi connectivity index (χ2v) is 7.33. The predicted octanol–water partition coefficient (Wildman–Crippen LogP) is 3.44. The maximum absolute atomic E-state index is 12.2. The Labute approximate surface area is 136 Å². The lowest BCUT2D eigenvalue weighted by Gasteiger charge is -2.17. The lowest BCUT2D eigenvalue weighted by atomic mass is 9.93. The zero-order chi connectivity index (χ0) is 17.0. The number of carbonyl (C=O) groups excluding carboxylic acids is 1. The van der Waals surface area contributed by atoms with E-state index in [0.29, 0.717) is 12.0 Å². The summed E-state index contributed by atoms with van der Waals surface area (Å²) in [5.41, 5.74) is 2.30. The highest BCUT2D eigenvalue weighted by Crippen LogP contribution is 2.30. The van der Waals surface area contributed by atoms with Crippen molar-refractivity contribution < 1.29 is 17.9 Å². The molecule has 0 unspecified atom stereocenters. The van der Waals surface area contributed by atoms with Gasteiger partial charge < -0.3 is 4.74 Å². The standard InChI is InChI=1S/C18H18O4S/c1-4-5-10-22-18-16(11-13(2)12-17(18)19)14-6-8-15(9-7-14)23(3,20)21/h4-11H,1,12H2,2-3H3/b10-5+. The van der Waals surface area contributed by atoms with Crippen LogP contribution < -0.4 is 0 Å². The first-order valence-electron chi connectivity index (χ1n) is 7.02. The van der Waals surface area contributed by atoms with Gasteiger partial charge in [0.2, 0.25) is 5.78 Å². The number of Topliss-reactive ketones (excluding diaryl/α,β-unsaturated/α-hetero) is 1. The van der Waals surface area contributed by atoms with Gasteiger partial charge in [-0.2, -0.15) is 0 Å². The number of carbonyl (C=O) groups is 1. The Balaban J connectivity index is 2.50. The van der Waals surface area contributed by atoms with Crippen molar-refractivity contribution in [1.29, 1.82) is 0 Å². The highest BCUT2D eigenvalue weighted by molar-refractivity contribution is 7.90. The summed E-state index contributed by atoms with van der Waals surface area (Å²) in [6.45, 7) is 5.42. The molecule has 0 spiro atoms. The second-order valence-electron chi connectivity index (χ2n) is 5.31. The van der Waals surface area contributed by atoms with Crippen LogP contribution in [0.4, 0.5) is 0 Å². The van der Waals surface area contributed by atoms with Crippen LogP contribution in [0.3, 0.4) is 0 Å². The van der Waals surface area contributed by atoms with Crippen molar-refractivity contribution in [2.45, 2.75) is 18.2 Å². The van der Waals surface area contributed by atoms with Gasteiger partial charge in [0, 0.05) is 18.2 Å². The molecule has 0 atom stereocenters. The molecule has 0 saturated heterocycles. The monoisotopic (exact) mass is 330 g/mol. The average Bonchev–Trinajstić information content (AvgIpc) is 2.48. The van der Waals surface area contributed by atoms with Crippen LogP contribution in [-0.2, 0) is 19.4 Å². The van der Waals surface area contributed by atoms with E-state index in [1.54, 1.807) is 24.3 Å². The average molecular weight is 330 g/mol. The maximum atomic E-state index is 12.2. The van der Waals surface area contributed by atoms with E-state index in [0.717, 1.165) is 17.4 Å². The van der Waals surface area contributed by atoms with E-state index in [-0.39, 0.29) is 16.4 Å². The number of hydrogen-bond donors (Lipinski definition) is 0. The summed E-state index contributed by atoms with van der Waals surface area (Å²) >= 11 is 0. The molecule has 0 N–H and O–H groups in total. The van der Waals surface area contributed by atoms with E-state index in [2.05, 4.69) is 6.58 Å². The van der Waals surface area contributed by atoms with Gasteiger partial charge in [0.25, 0.3) is 0 Å². The number of allylic oxidation sites excluding steroid dienone is 6. The summed E-state index contributed by atoms with van der Waals surface area (Å²) in [5.74, 6) is 0.140. The van der Waals surface area contributed by atoms with Gasteiger partial charge in [-0.05, 0) is 30.7 Å². The Bertz CT molecular complexity index is 822. The molecule has 0 amide bonds. The summed E-state index contributed by atoms with van der Waals surface area (Å²) in [4.78, 5) is 12.5. The predicted molar refractivity (Wildman–Crippen MR) is 90.3 cm³/mol. The van der Waals surface area contributed by atoms with Crippen molar-refractivity contribution in [3.05, 3.63) is 72.2 Å². The Kier molecular flexibility index (Phi) is 5.01. The van der Waals surface area contributed by atoms with Crippen LogP contribution in [0.1, 0.15) is 18.9 Å². The van der Waals surface area contributed by atoms with Crippen LogP contribution in [0, 0.1) is 0 Å². The van der Waals surface area contributed by atoms with E-state index in [1.807, 2.05) is 13.0 Å². The molecule has 5 heteroatoms. The molecule has 1 aromatic rings. The fourth-order valence-electron chi connectivity index (χ4n) is 2.23.